The van der Waals surface area contributed by atoms with Crippen molar-refractivity contribution in [1.82, 2.24) is 0 Å². The van der Waals surface area contributed by atoms with E-state index >= 15 is 0 Å². The summed E-state index contributed by atoms with van der Waals surface area (Å²) in [6.45, 7) is 3.33. The Bertz CT molecular complexity index is 135. The zero-order valence-corrected chi connectivity index (χ0v) is 22.6. The molecule has 4 nitrogen and oxygen atoms in total. The number of hydrogen-bond acceptors (Lipinski definition) is 4. The van der Waals surface area contributed by atoms with E-state index in [2.05, 4.69) is 0 Å². The van der Waals surface area contributed by atoms with E-state index in [1.54, 1.807) is 13.8 Å². The maximum atomic E-state index is 9.21. The number of rotatable bonds is 0. The van der Waals surface area contributed by atoms with Crippen LogP contribution in [0, 0.1) is 132 Å². The van der Waals surface area contributed by atoms with E-state index in [1.165, 1.54) is 0 Å². The Morgan fingerprint density at radius 3 is 1.29 bits per heavy atom. The summed E-state index contributed by atoms with van der Waals surface area (Å²) < 4.78 is 5.12. The van der Waals surface area contributed by atoms with Crippen molar-refractivity contribution in [2.75, 3.05) is 0 Å². The molecule has 0 bridgehead atoms. The zero-order chi connectivity index (χ0) is 8.59. The van der Waals surface area contributed by atoms with Gasteiger partial charge < -0.3 is 20.1 Å². The van der Waals surface area contributed by atoms with E-state index in [-0.39, 0.29) is 132 Å². The van der Waals surface area contributed by atoms with E-state index in [1.807, 2.05) is 0 Å². The second kappa shape index (κ2) is 11.0. The smallest absolute Gasteiger partial charge is 0.111 e. The molecule has 75 valence electrons. The normalized spacial score (nSPS) is 41.4. The van der Waals surface area contributed by atoms with Crippen LogP contribution >= 0.6 is 0 Å². The molecule has 1 aliphatic heterocycles. The van der Waals surface area contributed by atoms with Crippen LogP contribution in [0.4, 0.5) is 0 Å². The molecular formula is C7H14Ac3O4. The van der Waals surface area contributed by atoms with Crippen LogP contribution in [0.2, 0.25) is 0 Å². The Hall–Kier alpha value is 4.16. The summed E-state index contributed by atoms with van der Waals surface area (Å²) in [6, 6.07) is 0. The molecule has 0 spiro atoms. The average Bonchev–Trinajstić information content (AvgIpc) is 1.97. The van der Waals surface area contributed by atoms with Gasteiger partial charge in [0.05, 0.1) is 12.2 Å². The molecule has 3 radical (unpaired) electrons. The fraction of sp³-hybridized carbons (Fsp3) is 1.00. The summed E-state index contributed by atoms with van der Waals surface area (Å²) in [4.78, 5) is 0. The van der Waals surface area contributed by atoms with Crippen molar-refractivity contribution < 1.29 is 152 Å². The molecule has 5 atom stereocenters. The van der Waals surface area contributed by atoms with Crippen molar-refractivity contribution in [3.05, 3.63) is 0 Å². The zero-order valence-electron chi connectivity index (χ0n) is 8.37. The third kappa shape index (κ3) is 6.37. The standard InChI is InChI=1S/C7H14O4.3Ac/c1-3-5(8)7(10)6(9)4(2)11-3;;;/h3-10H,1-2H3;;;/t3-,4+,5-,6+,7?;;;. The van der Waals surface area contributed by atoms with Crippen LogP contribution < -0.4 is 0 Å². The van der Waals surface area contributed by atoms with Crippen molar-refractivity contribution in [1.29, 1.82) is 0 Å². The van der Waals surface area contributed by atoms with Crippen molar-refractivity contribution in [2.45, 2.75) is 44.4 Å². The van der Waals surface area contributed by atoms with Gasteiger partial charge in [-0.2, -0.15) is 0 Å². The van der Waals surface area contributed by atoms with Gasteiger partial charge in [-0.1, -0.05) is 0 Å². The molecule has 14 heavy (non-hydrogen) atoms. The molecule has 3 N–H and O–H groups in total. The third-order valence-electron chi connectivity index (χ3n) is 2.09. The fourth-order valence-electron chi connectivity index (χ4n) is 1.26. The fourth-order valence-corrected chi connectivity index (χ4v) is 1.26. The molecule has 1 saturated heterocycles. The van der Waals surface area contributed by atoms with Gasteiger partial charge in [-0.15, -0.1) is 0 Å². The first-order valence-corrected chi connectivity index (χ1v) is 3.73. The van der Waals surface area contributed by atoms with E-state index in [0.29, 0.717) is 0 Å². The van der Waals surface area contributed by atoms with Gasteiger partial charge in [-0.25, -0.2) is 0 Å². The van der Waals surface area contributed by atoms with Gasteiger partial charge in [-0.3, -0.25) is 0 Å². The second-order valence-corrected chi connectivity index (χ2v) is 3.02. The Morgan fingerprint density at radius 1 is 0.714 bits per heavy atom. The molecule has 7 heteroatoms. The van der Waals surface area contributed by atoms with Crippen molar-refractivity contribution in [3.63, 3.8) is 0 Å². The topological polar surface area (TPSA) is 69.9 Å². The minimum absolute atomic E-state index is 0. The van der Waals surface area contributed by atoms with Gasteiger partial charge in [0.1, 0.15) is 18.3 Å². The molecule has 1 unspecified atom stereocenters. The molecule has 0 aliphatic carbocycles. The van der Waals surface area contributed by atoms with Crippen LogP contribution in [-0.2, 0) is 4.74 Å². The molecule has 0 amide bonds. The summed E-state index contributed by atoms with van der Waals surface area (Å²) in [6.07, 6.45) is -3.89. The molecule has 0 aromatic rings. The first kappa shape index (κ1) is 23.3. The molecule has 1 aliphatic rings. The van der Waals surface area contributed by atoms with Crippen molar-refractivity contribution >= 4 is 0 Å². The van der Waals surface area contributed by atoms with Gasteiger partial charge in [0, 0.05) is 132 Å². The monoisotopic (exact) mass is 843 g/mol. The summed E-state index contributed by atoms with van der Waals surface area (Å²) in [7, 11) is 0. The van der Waals surface area contributed by atoms with Gasteiger partial charge in [0.2, 0.25) is 0 Å². The maximum Gasteiger partial charge on any atom is 0.111 e. The van der Waals surface area contributed by atoms with Crippen LogP contribution in [-0.4, -0.2) is 45.8 Å². The molecule has 1 fully saturated rings. The summed E-state index contributed by atoms with van der Waals surface area (Å²) >= 11 is 0. The summed E-state index contributed by atoms with van der Waals surface area (Å²) in [5, 5.41) is 27.6. The quantitative estimate of drug-likeness (QED) is 0.290. The Morgan fingerprint density at radius 2 is 1.00 bits per heavy atom. The maximum absolute atomic E-state index is 9.21. The Kier molecular flexibility index (Phi) is 18.3. The largest absolute Gasteiger partial charge is 0.388 e. The van der Waals surface area contributed by atoms with Crippen LogP contribution in [0.3, 0.4) is 0 Å². The second-order valence-electron chi connectivity index (χ2n) is 3.02. The van der Waals surface area contributed by atoms with Crippen molar-refractivity contribution in [3.8, 4) is 0 Å². The van der Waals surface area contributed by atoms with Crippen molar-refractivity contribution in [2.24, 2.45) is 0 Å². The van der Waals surface area contributed by atoms with Crippen LogP contribution in [0.25, 0.3) is 0 Å². The van der Waals surface area contributed by atoms with E-state index in [4.69, 9.17) is 4.74 Å². The molecular weight excluding hydrogens is 829 g/mol. The average molecular weight is 843 g/mol. The predicted octanol–water partition coefficient (Wildman–Crippen LogP) is -1.12. The molecule has 0 aromatic heterocycles. The van der Waals surface area contributed by atoms with Gasteiger partial charge in [0.25, 0.3) is 0 Å². The molecule has 0 aromatic carbocycles. The van der Waals surface area contributed by atoms with Crippen LogP contribution in [0.1, 0.15) is 13.8 Å². The Balaban J connectivity index is -0.000000403. The van der Waals surface area contributed by atoms with Gasteiger partial charge in [-0.05, 0) is 13.8 Å². The molecule has 0 saturated carbocycles. The van der Waals surface area contributed by atoms with Crippen LogP contribution in [0.15, 0.2) is 0 Å². The number of aliphatic hydroxyl groups excluding tert-OH is 3. The molecule has 1 rings (SSSR count). The minimum atomic E-state index is -1.09. The van der Waals surface area contributed by atoms with Gasteiger partial charge >= 0.3 is 0 Å². The van der Waals surface area contributed by atoms with E-state index < -0.39 is 30.5 Å². The summed E-state index contributed by atoms with van der Waals surface area (Å²) in [5.74, 6) is 0. The van der Waals surface area contributed by atoms with E-state index in [0.717, 1.165) is 0 Å². The van der Waals surface area contributed by atoms with Crippen LogP contribution in [0.5, 0.6) is 0 Å². The third-order valence-corrected chi connectivity index (χ3v) is 2.09. The van der Waals surface area contributed by atoms with Gasteiger partial charge in [0.15, 0.2) is 0 Å². The summed E-state index contributed by atoms with van der Waals surface area (Å²) in [5.41, 5.74) is 0. The molecule has 1 heterocycles. The predicted molar refractivity (Wildman–Crippen MR) is 38.0 cm³/mol. The number of hydrogen-bond donors (Lipinski definition) is 3. The minimum Gasteiger partial charge on any atom is -0.388 e. The number of ether oxygens (including phenoxy) is 1. The SMILES string of the molecule is C[C@@H]1O[C@H](C)[C@@H](O)C(O)[C@H]1O.[Ac].[Ac].[Ac]. The number of aliphatic hydroxyl groups is 3. The first-order valence-electron chi connectivity index (χ1n) is 3.73. The Labute approximate surface area is 192 Å². The first-order chi connectivity index (χ1) is 5.04. The van der Waals surface area contributed by atoms with E-state index in [9.17, 15) is 15.3 Å².